The summed E-state index contributed by atoms with van der Waals surface area (Å²) in [6.07, 6.45) is 1.37. The molecule has 0 saturated heterocycles. The number of hydrogen-bond donors (Lipinski definition) is 2. The summed E-state index contributed by atoms with van der Waals surface area (Å²) in [4.78, 5) is 14.5. The quantitative estimate of drug-likeness (QED) is 0.557. The highest BCUT2D eigenvalue weighted by Crippen LogP contribution is 2.27. The summed E-state index contributed by atoms with van der Waals surface area (Å²) in [7, 11) is 0. The number of carbonyl (C=O) groups is 1. The fourth-order valence-electron chi connectivity index (χ4n) is 2.68. The SMILES string of the molecule is CCN(CC)c1ccc(/C=C(/C#N)C(=O)Nc2cccc(Cl)c2C)c(O)c1. The highest BCUT2D eigenvalue weighted by atomic mass is 35.5. The van der Waals surface area contributed by atoms with Crippen molar-refractivity contribution in [3.63, 3.8) is 0 Å². The van der Waals surface area contributed by atoms with Crippen LogP contribution < -0.4 is 10.2 Å². The van der Waals surface area contributed by atoms with E-state index in [0.717, 1.165) is 24.3 Å². The summed E-state index contributed by atoms with van der Waals surface area (Å²) >= 11 is 6.06. The first-order chi connectivity index (χ1) is 12.9. The molecule has 2 N–H and O–H groups in total. The Morgan fingerprint density at radius 2 is 2.00 bits per heavy atom. The molecule has 0 atom stereocenters. The summed E-state index contributed by atoms with van der Waals surface area (Å²) in [6, 6.07) is 12.2. The lowest BCUT2D eigenvalue weighted by Crippen LogP contribution is -2.21. The zero-order valence-corrected chi connectivity index (χ0v) is 16.3. The van der Waals surface area contributed by atoms with Crippen molar-refractivity contribution in [2.45, 2.75) is 20.8 Å². The monoisotopic (exact) mass is 383 g/mol. The first-order valence-corrected chi connectivity index (χ1v) is 9.05. The number of aromatic hydroxyl groups is 1. The molecular weight excluding hydrogens is 362 g/mol. The smallest absolute Gasteiger partial charge is 0.266 e. The molecule has 2 aromatic rings. The van der Waals surface area contributed by atoms with Crippen LogP contribution in [0.3, 0.4) is 0 Å². The Hall–Kier alpha value is -2.97. The minimum atomic E-state index is -0.560. The highest BCUT2D eigenvalue weighted by molar-refractivity contribution is 6.31. The van der Waals surface area contributed by atoms with Gasteiger partial charge in [-0.3, -0.25) is 4.79 Å². The van der Waals surface area contributed by atoms with E-state index in [1.807, 2.05) is 26.0 Å². The molecule has 0 aromatic heterocycles. The molecule has 0 radical (unpaired) electrons. The fourth-order valence-corrected chi connectivity index (χ4v) is 2.85. The number of halogens is 1. The van der Waals surface area contributed by atoms with Crippen LogP contribution in [0.25, 0.3) is 6.08 Å². The van der Waals surface area contributed by atoms with Gasteiger partial charge in [0.15, 0.2) is 0 Å². The van der Waals surface area contributed by atoms with Crippen LogP contribution in [0.15, 0.2) is 42.0 Å². The van der Waals surface area contributed by atoms with Crippen molar-refractivity contribution >= 4 is 35.0 Å². The molecule has 0 aliphatic rings. The van der Waals surface area contributed by atoms with Crippen LogP contribution in [-0.2, 0) is 4.79 Å². The van der Waals surface area contributed by atoms with E-state index in [4.69, 9.17) is 11.6 Å². The Kier molecular flexibility index (Phi) is 6.86. The van der Waals surface area contributed by atoms with Crippen molar-refractivity contribution in [3.05, 3.63) is 58.1 Å². The molecule has 0 aliphatic heterocycles. The van der Waals surface area contributed by atoms with Crippen LogP contribution in [0.1, 0.15) is 25.0 Å². The summed E-state index contributed by atoms with van der Waals surface area (Å²) in [5, 5.41) is 22.9. The zero-order chi connectivity index (χ0) is 20.0. The van der Waals surface area contributed by atoms with Gasteiger partial charge in [-0.2, -0.15) is 5.26 Å². The molecule has 0 unspecified atom stereocenters. The molecule has 2 rings (SSSR count). The maximum Gasteiger partial charge on any atom is 0.266 e. The molecule has 0 fully saturated rings. The molecule has 0 bridgehead atoms. The van der Waals surface area contributed by atoms with E-state index in [2.05, 4.69) is 10.2 Å². The third-order valence-corrected chi connectivity index (χ3v) is 4.73. The van der Waals surface area contributed by atoms with Gasteiger partial charge < -0.3 is 15.3 Å². The van der Waals surface area contributed by atoms with Gasteiger partial charge in [0.05, 0.1) is 0 Å². The Morgan fingerprint density at radius 3 is 2.59 bits per heavy atom. The first kappa shape index (κ1) is 20.3. The maximum atomic E-state index is 12.5. The lowest BCUT2D eigenvalue weighted by Gasteiger charge is -2.21. The number of nitrogens with one attached hydrogen (secondary N) is 1. The first-order valence-electron chi connectivity index (χ1n) is 8.67. The zero-order valence-electron chi connectivity index (χ0n) is 15.6. The molecule has 0 spiro atoms. The van der Waals surface area contributed by atoms with E-state index in [-0.39, 0.29) is 11.3 Å². The van der Waals surface area contributed by atoms with Crippen LogP contribution >= 0.6 is 11.6 Å². The molecule has 2 aromatic carbocycles. The lowest BCUT2D eigenvalue weighted by molar-refractivity contribution is -0.112. The van der Waals surface area contributed by atoms with E-state index < -0.39 is 5.91 Å². The molecule has 0 aliphatic carbocycles. The topological polar surface area (TPSA) is 76.4 Å². The summed E-state index contributed by atoms with van der Waals surface area (Å²) in [6.45, 7) is 7.48. The molecule has 1 amide bonds. The number of hydrogen-bond acceptors (Lipinski definition) is 4. The average Bonchev–Trinajstić information content (AvgIpc) is 2.65. The van der Waals surface area contributed by atoms with Crippen LogP contribution in [0.5, 0.6) is 5.75 Å². The Morgan fingerprint density at radius 1 is 1.30 bits per heavy atom. The van der Waals surface area contributed by atoms with Gasteiger partial charge in [0.25, 0.3) is 5.91 Å². The number of carbonyl (C=O) groups excluding carboxylic acids is 1. The van der Waals surface area contributed by atoms with Gasteiger partial charge in [-0.05, 0) is 56.7 Å². The molecule has 140 valence electrons. The van der Waals surface area contributed by atoms with Gasteiger partial charge in [0.1, 0.15) is 17.4 Å². The van der Waals surface area contributed by atoms with E-state index in [1.54, 1.807) is 37.3 Å². The van der Waals surface area contributed by atoms with Crippen molar-refractivity contribution in [2.24, 2.45) is 0 Å². The molecule has 5 nitrogen and oxygen atoms in total. The average molecular weight is 384 g/mol. The van der Waals surface area contributed by atoms with Crippen molar-refractivity contribution < 1.29 is 9.90 Å². The predicted octanol–water partition coefficient (Wildman–Crippen LogP) is 4.75. The van der Waals surface area contributed by atoms with Crippen molar-refractivity contribution in [1.29, 1.82) is 5.26 Å². The van der Waals surface area contributed by atoms with Gasteiger partial charge in [0.2, 0.25) is 0 Å². The van der Waals surface area contributed by atoms with E-state index >= 15 is 0 Å². The Bertz CT molecular complexity index is 912. The van der Waals surface area contributed by atoms with E-state index in [1.165, 1.54) is 6.08 Å². The number of nitrogens with zero attached hydrogens (tertiary/aromatic N) is 2. The van der Waals surface area contributed by atoms with E-state index in [9.17, 15) is 15.2 Å². The number of phenolic OH excluding ortho intramolecular Hbond substituents is 1. The van der Waals surface area contributed by atoms with Gasteiger partial charge in [-0.25, -0.2) is 0 Å². The van der Waals surface area contributed by atoms with Crippen molar-refractivity contribution in [1.82, 2.24) is 0 Å². The van der Waals surface area contributed by atoms with Crippen molar-refractivity contribution in [3.8, 4) is 11.8 Å². The van der Waals surface area contributed by atoms with Gasteiger partial charge >= 0.3 is 0 Å². The Balaban J connectivity index is 2.29. The summed E-state index contributed by atoms with van der Waals surface area (Å²) in [5.41, 5.74) is 2.43. The lowest BCUT2D eigenvalue weighted by atomic mass is 10.1. The van der Waals surface area contributed by atoms with Crippen LogP contribution in [-0.4, -0.2) is 24.1 Å². The minimum absolute atomic E-state index is 0.0129. The second kappa shape index (κ2) is 9.11. The third kappa shape index (κ3) is 4.81. The molecule has 0 heterocycles. The molecular formula is C21H22ClN3O2. The molecule has 6 heteroatoms. The number of amides is 1. The Labute approximate surface area is 164 Å². The van der Waals surface area contributed by atoms with E-state index in [0.29, 0.717) is 16.3 Å². The minimum Gasteiger partial charge on any atom is -0.507 e. The third-order valence-electron chi connectivity index (χ3n) is 4.32. The van der Waals surface area contributed by atoms with Gasteiger partial charge in [-0.15, -0.1) is 0 Å². The number of benzene rings is 2. The van der Waals surface area contributed by atoms with Crippen LogP contribution in [0.2, 0.25) is 5.02 Å². The predicted molar refractivity (Wildman–Crippen MR) is 110 cm³/mol. The maximum absolute atomic E-state index is 12.5. The van der Waals surface area contributed by atoms with Crippen LogP contribution in [0, 0.1) is 18.3 Å². The number of rotatable bonds is 6. The molecule has 0 saturated carbocycles. The number of anilines is 2. The number of nitriles is 1. The normalized spacial score (nSPS) is 11.0. The second-order valence-electron chi connectivity index (χ2n) is 5.95. The van der Waals surface area contributed by atoms with Gasteiger partial charge in [-0.1, -0.05) is 17.7 Å². The molecule has 27 heavy (non-hydrogen) atoms. The van der Waals surface area contributed by atoms with Crippen molar-refractivity contribution in [2.75, 3.05) is 23.3 Å². The standard InChI is InChI=1S/C21H22ClN3O2/c1-4-25(5-2)17-10-9-15(20(26)12-17)11-16(13-23)21(27)24-19-8-6-7-18(22)14(19)3/h6-12,26H,4-5H2,1-3H3,(H,24,27)/b16-11-. The fraction of sp³-hybridized carbons (Fsp3) is 0.238. The summed E-state index contributed by atoms with van der Waals surface area (Å²) < 4.78 is 0. The second-order valence-corrected chi connectivity index (χ2v) is 6.36. The van der Waals surface area contributed by atoms with Gasteiger partial charge in [0, 0.05) is 41.1 Å². The highest BCUT2D eigenvalue weighted by Gasteiger charge is 2.13. The number of phenols is 1. The summed E-state index contributed by atoms with van der Waals surface area (Å²) in [5.74, 6) is -0.547. The largest absolute Gasteiger partial charge is 0.507 e. The van der Waals surface area contributed by atoms with Crippen LogP contribution in [0.4, 0.5) is 11.4 Å².